The zero-order valence-electron chi connectivity index (χ0n) is 15.7. The summed E-state index contributed by atoms with van der Waals surface area (Å²) in [6.07, 6.45) is 0. The Morgan fingerprint density at radius 1 is 1.09 bits per heavy atom. The topological polar surface area (TPSA) is 38.8 Å². The molecule has 0 saturated carbocycles. The van der Waals surface area contributed by atoms with Crippen molar-refractivity contribution in [1.82, 2.24) is 0 Å². The fourth-order valence-corrected chi connectivity index (χ4v) is 4.59. The highest BCUT2D eigenvalue weighted by molar-refractivity contribution is 7.56. The van der Waals surface area contributed by atoms with E-state index in [1.54, 1.807) is 4.67 Å². The summed E-state index contributed by atoms with van der Waals surface area (Å²) in [5, 5.41) is 0. The minimum atomic E-state index is -3.30. The average Bonchev–Trinajstić information content (AvgIpc) is 2.66. The highest BCUT2D eigenvalue weighted by Gasteiger charge is 2.45. The van der Waals surface area contributed by atoms with Crippen molar-refractivity contribution in [1.29, 1.82) is 0 Å². The smallest absolute Gasteiger partial charge is 0.406 e. The van der Waals surface area contributed by atoms with Gasteiger partial charge < -0.3 is 4.52 Å². The molecule has 1 unspecified atom stereocenters. The number of nitrogens with zero attached hydrogens (tertiary/aromatic N) is 1. The van der Waals surface area contributed by atoms with Crippen LogP contribution in [0.3, 0.4) is 0 Å². The number of hydrogen-bond acceptors (Lipinski definition) is 3. The molecule has 0 spiro atoms. The molecule has 0 bridgehead atoms. The predicted molar refractivity (Wildman–Crippen MR) is 96.7 cm³/mol. The van der Waals surface area contributed by atoms with Crippen LogP contribution in [0.15, 0.2) is 12.1 Å². The van der Waals surface area contributed by atoms with Gasteiger partial charge in [-0.25, -0.2) is 4.57 Å². The van der Waals surface area contributed by atoms with E-state index in [2.05, 4.69) is 53.7 Å². The first-order valence-corrected chi connectivity index (χ1v) is 9.84. The second-order valence-electron chi connectivity index (χ2n) is 8.07. The van der Waals surface area contributed by atoms with Gasteiger partial charge in [0.1, 0.15) is 0 Å². The molecule has 4 nitrogen and oxygen atoms in total. The van der Waals surface area contributed by atoms with E-state index in [1.807, 2.05) is 13.8 Å². The lowest BCUT2D eigenvalue weighted by Crippen LogP contribution is -2.19. The van der Waals surface area contributed by atoms with Crippen LogP contribution in [0.2, 0.25) is 0 Å². The Bertz CT molecular complexity index is 641. The molecule has 23 heavy (non-hydrogen) atoms. The van der Waals surface area contributed by atoms with E-state index in [1.165, 1.54) is 5.56 Å². The largest absolute Gasteiger partial charge is 0.489 e. The fraction of sp³-hybridized carbons (Fsp3) is 0.667. The molecule has 0 aromatic heterocycles. The summed E-state index contributed by atoms with van der Waals surface area (Å²) in [4.78, 5) is 0. The molecule has 0 amide bonds. The third kappa shape index (κ3) is 3.29. The zero-order valence-corrected chi connectivity index (χ0v) is 16.6. The lowest BCUT2D eigenvalue weighted by molar-refractivity contribution is 0.282. The first-order chi connectivity index (χ1) is 10.4. The van der Waals surface area contributed by atoms with Crippen molar-refractivity contribution in [3.05, 3.63) is 23.3 Å². The molecule has 1 aromatic rings. The molecule has 2 rings (SSSR count). The molecule has 1 aliphatic rings. The quantitative estimate of drug-likeness (QED) is 0.668. The van der Waals surface area contributed by atoms with Gasteiger partial charge in [0.25, 0.3) is 0 Å². The first-order valence-electron chi connectivity index (χ1n) is 8.35. The maximum absolute atomic E-state index is 13.2. The van der Waals surface area contributed by atoms with Crippen LogP contribution in [-0.4, -0.2) is 13.2 Å². The van der Waals surface area contributed by atoms with Crippen LogP contribution in [0, 0.1) is 0 Å². The van der Waals surface area contributed by atoms with Gasteiger partial charge >= 0.3 is 7.75 Å². The lowest BCUT2D eigenvalue weighted by Gasteiger charge is -2.27. The Balaban J connectivity index is 2.72. The molecule has 1 heterocycles. The maximum Gasteiger partial charge on any atom is 0.489 e. The minimum absolute atomic E-state index is 0.00658. The molecule has 0 fully saturated rings. The normalized spacial score (nSPS) is 21.3. The molecule has 0 radical (unpaired) electrons. The minimum Gasteiger partial charge on any atom is -0.406 e. The van der Waals surface area contributed by atoms with Crippen LogP contribution in [0.5, 0.6) is 5.75 Å². The number of anilines is 1. The van der Waals surface area contributed by atoms with Crippen molar-refractivity contribution in [3.63, 3.8) is 0 Å². The van der Waals surface area contributed by atoms with Gasteiger partial charge in [-0.1, -0.05) is 47.6 Å². The van der Waals surface area contributed by atoms with E-state index in [0.717, 1.165) is 11.3 Å². The van der Waals surface area contributed by atoms with Crippen LogP contribution in [0.4, 0.5) is 5.69 Å². The van der Waals surface area contributed by atoms with Gasteiger partial charge in [-0.2, -0.15) is 0 Å². The summed E-state index contributed by atoms with van der Waals surface area (Å²) >= 11 is 0. The molecule has 0 saturated heterocycles. The Hall–Kier alpha value is -0.990. The molecule has 1 aromatic carbocycles. The highest BCUT2D eigenvalue weighted by atomic mass is 31.2. The molecule has 0 aliphatic carbocycles. The van der Waals surface area contributed by atoms with E-state index >= 15 is 0 Å². The molecule has 1 aliphatic heterocycles. The van der Waals surface area contributed by atoms with E-state index in [4.69, 9.17) is 9.05 Å². The molecule has 1 atom stereocenters. The van der Waals surface area contributed by atoms with Gasteiger partial charge in [-0.15, -0.1) is 0 Å². The van der Waals surface area contributed by atoms with E-state index in [9.17, 15) is 4.57 Å². The van der Waals surface area contributed by atoms with Crippen LogP contribution < -0.4 is 9.19 Å². The Morgan fingerprint density at radius 3 is 2.13 bits per heavy atom. The number of rotatable bonds is 3. The van der Waals surface area contributed by atoms with Crippen molar-refractivity contribution in [2.45, 2.75) is 66.2 Å². The van der Waals surface area contributed by atoms with Crippen LogP contribution >= 0.6 is 7.75 Å². The second kappa shape index (κ2) is 5.82. The van der Waals surface area contributed by atoms with E-state index in [-0.39, 0.29) is 10.8 Å². The lowest BCUT2D eigenvalue weighted by atomic mass is 9.79. The van der Waals surface area contributed by atoms with Crippen molar-refractivity contribution in [2.24, 2.45) is 0 Å². The number of fused-ring (bicyclic) bond motifs is 1. The summed E-state index contributed by atoms with van der Waals surface area (Å²) in [5.74, 6) is 0.712. The second-order valence-corrected chi connectivity index (χ2v) is 9.93. The van der Waals surface area contributed by atoms with E-state index in [0.29, 0.717) is 18.9 Å². The average molecular weight is 339 g/mol. The SMILES string of the molecule is CCOP1(=O)Oc2c(cc(C(C)(C)C)cc2C(C)(C)C)N1CC. The maximum atomic E-state index is 13.2. The third-order valence-corrected chi connectivity index (χ3v) is 6.20. The summed E-state index contributed by atoms with van der Waals surface area (Å²) in [6.45, 7) is 17.8. The van der Waals surface area contributed by atoms with Crippen molar-refractivity contribution in [2.75, 3.05) is 17.8 Å². The molecular formula is C18H30NO3P. The number of benzene rings is 1. The fourth-order valence-electron chi connectivity index (χ4n) is 2.79. The van der Waals surface area contributed by atoms with Crippen molar-refractivity contribution < 1.29 is 13.6 Å². The third-order valence-electron chi connectivity index (χ3n) is 4.12. The van der Waals surface area contributed by atoms with Gasteiger partial charge in [0.15, 0.2) is 5.75 Å². The predicted octanol–water partition coefficient (Wildman–Crippen LogP) is 5.64. The van der Waals surface area contributed by atoms with E-state index < -0.39 is 7.75 Å². The van der Waals surface area contributed by atoms with Gasteiger partial charge in [0.2, 0.25) is 0 Å². The summed E-state index contributed by atoms with van der Waals surface area (Å²) in [5.41, 5.74) is 3.09. The standard InChI is InChI=1S/C18H30NO3P/c1-9-19-15-12-13(17(3,4)5)11-14(18(6,7)8)16(15)22-23(19,20)21-10-2/h11-12H,9-10H2,1-8H3. The number of hydrogen-bond donors (Lipinski definition) is 0. The zero-order chi connectivity index (χ0) is 17.6. The Labute approximate surface area is 140 Å². The summed E-state index contributed by atoms with van der Waals surface area (Å²) in [7, 11) is -3.30. The van der Waals surface area contributed by atoms with Gasteiger partial charge in [-0.3, -0.25) is 9.19 Å². The Kier molecular flexibility index (Phi) is 4.65. The van der Waals surface area contributed by atoms with Crippen LogP contribution in [0.1, 0.15) is 66.5 Å². The Morgan fingerprint density at radius 2 is 1.70 bits per heavy atom. The first kappa shape index (κ1) is 18.4. The van der Waals surface area contributed by atoms with Crippen molar-refractivity contribution >= 4 is 13.4 Å². The molecule has 0 N–H and O–H groups in total. The highest BCUT2D eigenvalue weighted by Crippen LogP contribution is 2.64. The molecule has 5 heteroatoms. The summed E-state index contributed by atoms with van der Waals surface area (Å²) in [6, 6.07) is 4.29. The van der Waals surface area contributed by atoms with Gasteiger partial charge in [-0.05, 0) is 36.3 Å². The summed E-state index contributed by atoms with van der Waals surface area (Å²) < 4.78 is 26.4. The van der Waals surface area contributed by atoms with Crippen LogP contribution in [-0.2, 0) is 19.9 Å². The van der Waals surface area contributed by atoms with Crippen molar-refractivity contribution in [3.8, 4) is 5.75 Å². The molecular weight excluding hydrogens is 309 g/mol. The monoisotopic (exact) mass is 339 g/mol. The van der Waals surface area contributed by atoms with Crippen LogP contribution in [0.25, 0.3) is 0 Å². The molecule has 130 valence electrons. The van der Waals surface area contributed by atoms with Gasteiger partial charge in [0, 0.05) is 12.1 Å². The van der Waals surface area contributed by atoms with Gasteiger partial charge in [0.05, 0.1) is 12.3 Å².